The fourth-order valence-electron chi connectivity index (χ4n) is 3.48. The Morgan fingerprint density at radius 3 is 2.40 bits per heavy atom. The molecule has 7 heteroatoms. The molecule has 0 saturated carbocycles. The largest absolute Gasteiger partial charge is 0.289 e. The summed E-state index contributed by atoms with van der Waals surface area (Å²) >= 11 is 0. The zero-order valence-corrected chi connectivity index (χ0v) is 15.9. The number of hydrogen-bond acceptors (Lipinski definition) is 4. The van der Waals surface area contributed by atoms with Crippen molar-refractivity contribution in [2.24, 2.45) is 11.8 Å². The average molecular weight is 368 g/mol. The number of carbonyl (C=O) groups excluding carboxylic acids is 1. The number of benzene rings is 1. The predicted octanol–water partition coefficient (Wildman–Crippen LogP) is 2.28. The molecule has 1 heterocycles. The molecule has 2 N–H and O–H groups in total. The van der Waals surface area contributed by atoms with Gasteiger partial charge in [-0.3, -0.25) is 10.0 Å². The average Bonchev–Trinajstić information content (AvgIpc) is 2.59. The van der Waals surface area contributed by atoms with Crippen LogP contribution in [-0.2, 0) is 14.8 Å². The van der Waals surface area contributed by atoms with Crippen LogP contribution in [0.15, 0.2) is 24.3 Å². The third kappa shape index (κ3) is 4.80. The number of nitrogens with zero attached hydrogens (tertiary/aromatic N) is 1. The van der Waals surface area contributed by atoms with Crippen LogP contribution in [0.3, 0.4) is 0 Å². The van der Waals surface area contributed by atoms with E-state index in [9.17, 15) is 13.2 Å². The van der Waals surface area contributed by atoms with E-state index in [0.29, 0.717) is 19.0 Å². The van der Waals surface area contributed by atoms with Crippen molar-refractivity contribution in [2.45, 2.75) is 39.5 Å². The molecule has 0 bridgehead atoms. The van der Waals surface area contributed by atoms with Gasteiger partial charge in [-0.05, 0) is 42.7 Å². The van der Waals surface area contributed by atoms with Crippen molar-refractivity contribution in [1.82, 2.24) is 9.79 Å². The fraction of sp³-hybridized carbons (Fsp3) is 0.611. The summed E-state index contributed by atoms with van der Waals surface area (Å²) in [5.74, 6) is -1.48. The van der Waals surface area contributed by atoms with Crippen molar-refractivity contribution < 1.29 is 18.4 Å². The SMILES string of the molecule is Cc1ccccc1C1CCN(S(=O)(=O)CC(C(=O)NO)C(C)C)CC1. The van der Waals surface area contributed by atoms with Crippen LogP contribution in [0, 0.1) is 18.8 Å². The van der Waals surface area contributed by atoms with Gasteiger partial charge in [-0.25, -0.2) is 18.2 Å². The number of hydrogen-bond donors (Lipinski definition) is 2. The number of aryl methyl sites for hydroxylation is 1. The van der Waals surface area contributed by atoms with Gasteiger partial charge in [0.2, 0.25) is 15.9 Å². The highest BCUT2D eigenvalue weighted by atomic mass is 32.2. The fourth-order valence-corrected chi connectivity index (χ4v) is 5.44. The normalized spacial score (nSPS) is 18.3. The molecule has 1 aliphatic rings. The standard InChI is InChI=1S/C18H28N2O4S/c1-13(2)17(18(21)19-22)12-25(23,24)20-10-8-15(9-11-20)16-7-5-4-6-14(16)3/h4-7,13,15,17,22H,8-12H2,1-3H3,(H,19,21). The van der Waals surface area contributed by atoms with E-state index in [1.807, 2.05) is 12.1 Å². The van der Waals surface area contributed by atoms with Gasteiger partial charge in [-0.2, -0.15) is 0 Å². The van der Waals surface area contributed by atoms with E-state index in [1.54, 1.807) is 19.3 Å². The van der Waals surface area contributed by atoms with Gasteiger partial charge in [0.25, 0.3) is 0 Å². The van der Waals surface area contributed by atoms with E-state index in [-0.39, 0.29) is 11.7 Å². The van der Waals surface area contributed by atoms with Crippen LogP contribution in [-0.4, -0.2) is 42.7 Å². The molecule has 25 heavy (non-hydrogen) atoms. The maximum absolute atomic E-state index is 12.7. The van der Waals surface area contributed by atoms with E-state index >= 15 is 0 Å². The smallest absolute Gasteiger partial charge is 0.247 e. The topological polar surface area (TPSA) is 86.7 Å². The first kappa shape index (κ1) is 19.9. The van der Waals surface area contributed by atoms with Gasteiger partial charge in [0.05, 0.1) is 11.7 Å². The van der Waals surface area contributed by atoms with E-state index in [4.69, 9.17) is 5.21 Å². The minimum absolute atomic E-state index is 0.175. The Labute approximate surface area is 150 Å². The highest BCUT2D eigenvalue weighted by molar-refractivity contribution is 7.89. The van der Waals surface area contributed by atoms with Gasteiger partial charge in [0.15, 0.2) is 0 Å². The van der Waals surface area contributed by atoms with Crippen molar-refractivity contribution in [3.05, 3.63) is 35.4 Å². The first-order valence-corrected chi connectivity index (χ1v) is 10.3. The Kier molecular flexibility index (Phi) is 6.59. The van der Waals surface area contributed by atoms with Gasteiger partial charge in [0.1, 0.15) is 0 Å². The number of hydroxylamine groups is 1. The van der Waals surface area contributed by atoms with E-state index < -0.39 is 21.8 Å². The van der Waals surface area contributed by atoms with Crippen LogP contribution < -0.4 is 5.48 Å². The summed E-state index contributed by atoms with van der Waals surface area (Å²) in [7, 11) is -3.54. The van der Waals surface area contributed by atoms with Crippen molar-refractivity contribution in [1.29, 1.82) is 0 Å². The second kappa shape index (κ2) is 8.29. The van der Waals surface area contributed by atoms with E-state index in [1.165, 1.54) is 15.4 Å². The molecule has 0 spiro atoms. The molecule has 1 aromatic rings. The van der Waals surface area contributed by atoms with Crippen LogP contribution in [0.5, 0.6) is 0 Å². The highest BCUT2D eigenvalue weighted by Crippen LogP contribution is 2.31. The Morgan fingerprint density at radius 1 is 1.28 bits per heavy atom. The lowest BCUT2D eigenvalue weighted by molar-refractivity contribution is -0.134. The lowest BCUT2D eigenvalue weighted by Crippen LogP contribution is -2.44. The summed E-state index contributed by atoms with van der Waals surface area (Å²) < 4.78 is 26.9. The molecule has 0 radical (unpaired) electrons. The van der Waals surface area contributed by atoms with Crippen LogP contribution in [0.4, 0.5) is 0 Å². The van der Waals surface area contributed by atoms with Crippen molar-refractivity contribution in [3.63, 3.8) is 0 Å². The summed E-state index contributed by atoms with van der Waals surface area (Å²) in [6.07, 6.45) is 1.56. The van der Waals surface area contributed by atoms with Crippen molar-refractivity contribution in [2.75, 3.05) is 18.8 Å². The number of carbonyl (C=O) groups is 1. The van der Waals surface area contributed by atoms with Crippen LogP contribution >= 0.6 is 0 Å². The maximum atomic E-state index is 12.7. The van der Waals surface area contributed by atoms with Gasteiger partial charge in [-0.15, -0.1) is 0 Å². The Balaban J connectivity index is 2.03. The molecule has 1 amide bonds. The van der Waals surface area contributed by atoms with Crippen LogP contribution in [0.2, 0.25) is 0 Å². The molecular weight excluding hydrogens is 340 g/mol. The summed E-state index contributed by atoms with van der Waals surface area (Å²) in [4.78, 5) is 11.7. The molecule has 1 saturated heterocycles. The van der Waals surface area contributed by atoms with Crippen molar-refractivity contribution in [3.8, 4) is 0 Å². The van der Waals surface area contributed by atoms with Gasteiger partial charge in [-0.1, -0.05) is 38.1 Å². The lowest BCUT2D eigenvalue weighted by Gasteiger charge is -2.33. The molecule has 140 valence electrons. The number of piperidine rings is 1. The number of amides is 1. The lowest BCUT2D eigenvalue weighted by atomic mass is 9.87. The molecule has 1 unspecified atom stereocenters. The van der Waals surface area contributed by atoms with Crippen LogP contribution in [0.25, 0.3) is 0 Å². The number of nitrogens with one attached hydrogen (secondary N) is 1. The Bertz CT molecular complexity index is 695. The summed E-state index contributed by atoms with van der Waals surface area (Å²) in [5.41, 5.74) is 4.11. The molecule has 0 aliphatic carbocycles. The van der Waals surface area contributed by atoms with Crippen molar-refractivity contribution >= 4 is 15.9 Å². The third-order valence-corrected chi connectivity index (χ3v) is 7.05. The molecule has 1 aliphatic heterocycles. The molecule has 1 aromatic carbocycles. The molecule has 1 fully saturated rings. The highest BCUT2D eigenvalue weighted by Gasteiger charge is 2.34. The zero-order valence-electron chi connectivity index (χ0n) is 15.1. The second-order valence-corrected chi connectivity index (χ2v) is 9.15. The first-order chi connectivity index (χ1) is 11.8. The quantitative estimate of drug-likeness (QED) is 0.596. The second-order valence-electron chi connectivity index (χ2n) is 7.14. The van der Waals surface area contributed by atoms with Crippen LogP contribution in [0.1, 0.15) is 43.7 Å². The van der Waals surface area contributed by atoms with E-state index in [2.05, 4.69) is 19.1 Å². The molecule has 0 aromatic heterocycles. The minimum atomic E-state index is -3.54. The predicted molar refractivity (Wildman–Crippen MR) is 96.8 cm³/mol. The van der Waals surface area contributed by atoms with Gasteiger partial charge in [0, 0.05) is 13.1 Å². The summed E-state index contributed by atoms with van der Waals surface area (Å²) in [6.45, 7) is 6.57. The minimum Gasteiger partial charge on any atom is -0.289 e. The van der Waals surface area contributed by atoms with Gasteiger partial charge >= 0.3 is 0 Å². The number of rotatable bonds is 6. The molecule has 1 atom stereocenters. The van der Waals surface area contributed by atoms with Gasteiger partial charge < -0.3 is 0 Å². The summed E-state index contributed by atoms with van der Waals surface area (Å²) in [6, 6.07) is 8.23. The molecule has 2 rings (SSSR count). The van der Waals surface area contributed by atoms with E-state index in [0.717, 1.165) is 12.8 Å². The Morgan fingerprint density at radius 2 is 1.88 bits per heavy atom. The zero-order chi connectivity index (χ0) is 18.6. The Hall–Kier alpha value is -1.44. The summed E-state index contributed by atoms with van der Waals surface area (Å²) in [5, 5.41) is 8.84. The maximum Gasteiger partial charge on any atom is 0.247 e. The third-order valence-electron chi connectivity index (χ3n) is 5.12. The monoisotopic (exact) mass is 368 g/mol. The molecule has 6 nitrogen and oxygen atoms in total. The first-order valence-electron chi connectivity index (χ1n) is 8.73. The number of sulfonamides is 1. The molecular formula is C18H28N2O4S.